The Kier molecular flexibility index (Phi) is 4.20. The van der Waals surface area contributed by atoms with Crippen LogP contribution >= 0.6 is 17.0 Å². The number of carbonyl (C=O) groups excluding carboxylic acids is 1. The van der Waals surface area contributed by atoms with Crippen molar-refractivity contribution < 1.29 is 9.53 Å². The van der Waals surface area contributed by atoms with Gasteiger partial charge in [0.2, 0.25) is 0 Å². The molecule has 0 aromatic carbocycles. The third-order valence-corrected chi connectivity index (χ3v) is 1.09. The van der Waals surface area contributed by atoms with E-state index in [1.807, 2.05) is 0 Å². The van der Waals surface area contributed by atoms with Gasteiger partial charge in [-0.3, -0.25) is 0 Å². The van der Waals surface area contributed by atoms with E-state index in [1.54, 1.807) is 0 Å². The van der Waals surface area contributed by atoms with Crippen molar-refractivity contribution >= 4 is 23.0 Å². The molecule has 0 bridgehead atoms. The van der Waals surface area contributed by atoms with Gasteiger partial charge in [0.1, 0.15) is 0 Å². The number of methoxy groups -OCH3 is 1. The predicted molar refractivity (Wildman–Crippen MR) is 46.5 cm³/mol. The fraction of sp³-hybridized carbons (Fsp3) is 0.167. The SMILES string of the molecule is Br.COC(=O)c1cnc(=O)[nH]c1. The van der Waals surface area contributed by atoms with Crippen LogP contribution < -0.4 is 5.69 Å². The summed E-state index contributed by atoms with van der Waals surface area (Å²) in [7, 11) is 1.26. The van der Waals surface area contributed by atoms with Crippen LogP contribution in [0.1, 0.15) is 10.4 Å². The highest BCUT2D eigenvalue weighted by molar-refractivity contribution is 8.93. The summed E-state index contributed by atoms with van der Waals surface area (Å²) in [6.45, 7) is 0. The number of carbonyl (C=O) groups is 1. The van der Waals surface area contributed by atoms with E-state index in [4.69, 9.17) is 0 Å². The summed E-state index contributed by atoms with van der Waals surface area (Å²) in [4.78, 5) is 26.7. The maximum absolute atomic E-state index is 10.7. The number of halogens is 1. The summed E-state index contributed by atoms with van der Waals surface area (Å²) in [5.41, 5.74) is -0.259. The Morgan fingerprint density at radius 2 is 2.33 bits per heavy atom. The highest BCUT2D eigenvalue weighted by atomic mass is 79.9. The predicted octanol–water partition coefficient (Wildman–Crippen LogP) is 0.134. The van der Waals surface area contributed by atoms with Gasteiger partial charge in [-0.25, -0.2) is 14.6 Å². The fourth-order valence-corrected chi connectivity index (χ4v) is 0.572. The van der Waals surface area contributed by atoms with Crippen LogP contribution in [0.2, 0.25) is 0 Å². The number of aromatic nitrogens is 2. The number of nitrogens with zero attached hydrogens (tertiary/aromatic N) is 1. The average molecular weight is 235 g/mol. The van der Waals surface area contributed by atoms with Gasteiger partial charge in [0, 0.05) is 12.4 Å². The van der Waals surface area contributed by atoms with Gasteiger partial charge in [-0.15, -0.1) is 17.0 Å². The topological polar surface area (TPSA) is 72.0 Å². The highest BCUT2D eigenvalue weighted by Gasteiger charge is 2.03. The standard InChI is InChI=1S/C6H6N2O3.BrH/c1-11-5(9)4-2-7-6(10)8-3-4;/h2-3H,1H3,(H,7,8,10);1H. The molecule has 1 N–H and O–H groups in total. The molecule has 5 nitrogen and oxygen atoms in total. The number of H-pyrrole nitrogens is 1. The molecular formula is C6H7BrN2O3. The first kappa shape index (κ1) is 10.8. The first-order valence-electron chi connectivity index (χ1n) is 2.87. The molecule has 1 rings (SSSR count). The van der Waals surface area contributed by atoms with Crippen molar-refractivity contribution in [3.8, 4) is 0 Å². The summed E-state index contributed by atoms with van der Waals surface area (Å²) in [6.07, 6.45) is 2.41. The molecule has 0 amide bonds. The lowest BCUT2D eigenvalue weighted by molar-refractivity contribution is 0.0599. The number of hydrogen-bond donors (Lipinski definition) is 1. The van der Waals surface area contributed by atoms with Gasteiger partial charge < -0.3 is 9.72 Å². The highest BCUT2D eigenvalue weighted by Crippen LogP contribution is 1.92. The van der Waals surface area contributed by atoms with Crippen molar-refractivity contribution in [1.82, 2.24) is 9.97 Å². The second kappa shape index (κ2) is 4.66. The van der Waals surface area contributed by atoms with E-state index < -0.39 is 11.7 Å². The van der Waals surface area contributed by atoms with Crippen LogP contribution in [-0.4, -0.2) is 23.0 Å². The molecule has 0 saturated carbocycles. The van der Waals surface area contributed by atoms with Crippen LogP contribution in [0.4, 0.5) is 0 Å². The van der Waals surface area contributed by atoms with Gasteiger partial charge in [-0.1, -0.05) is 0 Å². The van der Waals surface area contributed by atoms with E-state index in [9.17, 15) is 9.59 Å². The minimum Gasteiger partial charge on any atom is -0.465 e. The normalized spacial score (nSPS) is 8.42. The van der Waals surface area contributed by atoms with Crippen molar-refractivity contribution in [3.05, 3.63) is 28.4 Å². The van der Waals surface area contributed by atoms with Gasteiger partial charge in [-0.2, -0.15) is 0 Å². The molecule has 0 spiro atoms. The molecule has 1 heterocycles. The zero-order chi connectivity index (χ0) is 8.27. The maximum atomic E-state index is 10.7. The molecule has 0 aliphatic heterocycles. The van der Waals surface area contributed by atoms with Crippen molar-refractivity contribution in [1.29, 1.82) is 0 Å². The summed E-state index contributed by atoms with van der Waals surface area (Å²) in [5, 5.41) is 0. The van der Waals surface area contributed by atoms with Crippen LogP contribution in [0, 0.1) is 0 Å². The smallest absolute Gasteiger partial charge is 0.344 e. The molecule has 0 aliphatic carbocycles. The second-order valence-corrected chi connectivity index (χ2v) is 1.80. The third-order valence-electron chi connectivity index (χ3n) is 1.09. The largest absolute Gasteiger partial charge is 0.465 e. The van der Waals surface area contributed by atoms with Gasteiger partial charge >= 0.3 is 11.7 Å². The number of hydrogen-bond acceptors (Lipinski definition) is 4. The zero-order valence-corrected chi connectivity index (χ0v) is 7.95. The van der Waals surface area contributed by atoms with E-state index >= 15 is 0 Å². The van der Waals surface area contributed by atoms with Gasteiger partial charge in [0.05, 0.1) is 12.7 Å². The monoisotopic (exact) mass is 234 g/mol. The molecule has 0 fully saturated rings. The van der Waals surface area contributed by atoms with E-state index in [-0.39, 0.29) is 22.5 Å². The van der Waals surface area contributed by atoms with E-state index in [0.717, 1.165) is 6.20 Å². The Labute approximate surface area is 78.5 Å². The quantitative estimate of drug-likeness (QED) is 0.702. The minimum atomic E-state index is -0.520. The van der Waals surface area contributed by atoms with Crippen molar-refractivity contribution in [2.24, 2.45) is 0 Å². The minimum absolute atomic E-state index is 0. The summed E-state index contributed by atoms with van der Waals surface area (Å²) in [5.74, 6) is -0.520. The summed E-state index contributed by atoms with van der Waals surface area (Å²) in [6, 6.07) is 0. The third kappa shape index (κ3) is 2.46. The van der Waals surface area contributed by atoms with E-state index in [0.29, 0.717) is 0 Å². The molecular weight excluding hydrogens is 228 g/mol. The molecule has 6 heteroatoms. The fourth-order valence-electron chi connectivity index (χ4n) is 0.572. The number of aromatic amines is 1. The Balaban J connectivity index is 0.00000121. The number of esters is 1. The van der Waals surface area contributed by atoms with Crippen LogP contribution in [0.15, 0.2) is 17.2 Å². The molecule has 0 saturated heterocycles. The zero-order valence-electron chi connectivity index (χ0n) is 6.23. The lowest BCUT2D eigenvalue weighted by Crippen LogP contribution is -2.12. The van der Waals surface area contributed by atoms with Crippen LogP contribution in [-0.2, 0) is 4.74 Å². The van der Waals surface area contributed by atoms with Crippen molar-refractivity contribution in [2.45, 2.75) is 0 Å². The van der Waals surface area contributed by atoms with Crippen LogP contribution in [0.5, 0.6) is 0 Å². The molecule has 0 atom stereocenters. The molecule has 12 heavy (non-hydrogen) atoms. The average Bonchev–Trinajstić information content (AvgIpc) is 2.05. The summed E-state index contributed by atoms with van der Waals surface area (Å²) < 4.78 is 4.38. The van der Waals surface area contributed by atoms with Crippen molar-refractivity contribution in [3.63, 3.8) is 0 Å². The maximum Gasteiger partial charge on any atom is 0.344 e. The summed E-state index contributed by atoms with van der Waals surface area (Å²) >= 11 is 0. The number of ether oxygens (including phenoxy) is 1. The molecule has 0 unspecified atom stereocenters. The van der Waals surface area contributed by atoms with E-state index in [1.165, 1.54) is 13.3 Å². The first-order chi connectivity index (χ1) is 5.24. The molecule has 1 aromatic rings. The Morgan fingerprint density at radius 1 is 1.67 bits per heavy atom. The Bertz CT molecular complexity index is 302. The molecule has 66 valence electrons. The number of rotatable bonds is 1. The lowest BCUT2D eigenvalue weighted by Gasteiger charge is -1.94. The number of nitrogens with one attached hydrogen (secondary N) is 1. The van der Waals surface area contributed by atoms with Crippen molar-refractivity contribution in [2.75, 3.05) is 7.11 Å². The van der Waals surface area contributed by atoms with Crippen LogP contribution in [0.25, 0.3) is 0 Å². The Morgan fingerprint density at radius 3 is 2.75 bits per heavy atom. The van der Waals surface area contributed by atoms with Gasteiger partial charge in [0.15, 0.2) is 0 Å². The molecule has 0 aliphatic rings. The lowest BCUT2D eigenvalue weighted by atomic mass is 10.3. The first-order valence-corrected chi connectivity index (χ1v) is 2.87. The second-order valence-electron chi connectivity index (χ2n) is 1.80. The van der Waals surface area contributed by atoms with Gasteiger partial charge in [-0.05, 0) is 0 Å². The molecule has 0 radical (unpaired) electrons. The van der Waals surface area contributed by atoms with Crippen LogP contribution in [0.3, 0.4) is 0 Å². The molecule has 1 aromatic heterocycles. The Hall–Kier alpha value is -1.17. The van der Waals surface area contributed by atoms with E-state index in [2.05, 4.69) is 14.7 Å². The van der Waals surface area contributed by atoms with Gasteiger partial charge in [0.25, 0.3) is 0 Å².